The molecule has 0 fully saturated rings. The lowest BCUT2D eigenvalue weighted by Crippen LogP contribution is -2.22. The molecule has 148 valence electrons. The summed E-state index contributed by atoms with van der Waals surface area (Å²) in [6, 6.07) is 27.1. The average Bonchev–Trinajstić information content (AvgIpc) is 2.79. The Morgan fingerprint density at radius 1 is 0.800 bits per heavy atom. The summed E-state index contributed by atoms with van der Waals surface area (Å²) >= 11 is 12.2. The van der Waals surface area contributed by atoms with Crippen LogP contribution in [0, 0.1) is 0 Å². The first-order chi connectivity index (χ1) is 14.6. The summed E-state index contributed by atoms with van der Waals surface area (Å²) in [4.78, 5) is 16.6. The van der Waals surface area contributed by atoms with Crippen LogP contribution in [-0.4, -0.2) is 10.9 Å². The topological polar surface area (TPSA) is 42.0 Å². The van der Waals surface area contributed by atoms with E-state index in [1.807, 2.05) is 42.5 Å². The first-order valence-corrected chi connectivity index (χ1v) is 10.2. The molecule has 0 aliphatic carbocycles. The van der Waals surface area contributed by atoms with E-state index in [2.05, 4.69) is 34.6 Å². The largest absolute Gasteiger partial charge is 0.348 e. The zero-order chi connectivity index (χ0) is 20.9. The fourth-order valence-corrected chi connectivity index (χ4v) is 3.49. The zero-order valence-corrected chi connectivity index (χ0v) is 17.5. The molecule has 0 saturated carbocycles. The number of nitrogens with one attached hydrogen (secondary N) is 1. The Kier molecular flexibility index (Phi) is 6.12. The van der Waals surface area contributed by atoms with Gasteiger partial charge in [-0.1, -0.05) is 83.9 Å². The molecule has 1 N–H and O–H groups in total. The molecule has 0 aliphatic rings. The normalized spacial score (nSPS) is 10.6. The third-order valence-corrected chi connectivity index (χ3v) is 5.33. The lowest BCUT2D eigenvalue weighted by atomic mass is 9.99. The van der Waals surface area contributed by atoms with Crippen LogP contribution in [0.4, 0.5) is 0 Å². The van der Waals surface area contributed by atoms with Gasteiger partial charge in [-0.2, -0.15) is 0 Å². The summed E-state index contributed by atoms with van der Waals surface area (Å²) in [5, 5.41) is 3.92. The molecule has 5 heteroatoms. The fraction of sp³-hybridized carbons (Fsp3) is 0.0400. The number of rotatable bonds is 5. The van der Waals surface area contributed by atoms with Crippen LogP contribution in [0.3, 0.4) is 0 Å². The van der Waals surface area contributed by atoms with E-state index in [0.29, 0.717) is 22.3 Å². The van der Waals surface area contributed by atoms with Crippen molar-refractivity contribution in [1.29, 1.82) is 0 Å². The number of halogens is 2. The van der Waals surface area contributed by atoms with Crippen molar-refractivity contribution in [3.05, 3.63) is 112 Å². The van der Waals surface area contributed by atoms with E-state index in [9.17, 15) is 4.79 Å². The van der Waals surface area contributed by atoms with Crippen molar-refractivity contribution in [1.82, 2.24) is 10.3 Å². The number of carbonyl (C=O) groups excluding carboxylic acids is 1. The van der Waals surface area contributed by atoms with Gasteiger partial charge in [-0.25, -0.2) is 4.98 Å². The summed E-state index contributed by atoms with van der Waals surface area (Å²) in [6.45, 7) is 0.368. The standard InChI is InChI=1S/C25H18Cl2N2O/c26-23-12-11-21(25(30)29-16-17-6-13-24(27)28-15-17)14-22(23)20-9-7-19(8-10-20)18-4-2-1-3-5-18/h1-15H,16H2,(H,29,30). The van der Waals surface area contributed by atoms with Gasteiger partial charge >= 0.3 is 0 Å². The average molecular weight is 433 g/mol. The molecule has 0 saturated heterocycles. The minimum absolute atomic E-state index is 0.177. The molecule has 4 rings (SSSR count). The Labute approximate surface area is 185 Å². The number of benzene rings is 3. The number of amides is 1. The van der Waals surface area contributed by atoms with Crippen LogP contribution in [0.25, 0.3) is 22.3 Å². The van der Waals surface area contributed by atoms with Crippen LogP contribution < -0.4 is 5.32 Å². The van der Waals surface area contributed by atoms with Crippen molar-refractivity contribution < 1.29 is 4.79 Å². The second-order valence-corrected chi connectivity index (χ2v) is 7.60. The SMILES string of the molecule is O=C(NCc1ccc(Cl)nc1)c1ccc(Cl)c(-c2ccc(-c3ccccc3)cc2)c1. The summed E-state index contributed by atoms with van der Waals surface area (Å²) in [7, 11) is 0. The number of aromatic nitrogens is 1. The van der Waals surface area contributed by atoms with Crippen LogP contribution in [-0.2, 0) is 6.54 Å². The second-order valence-electron chi connectivity index (χ2n) is 6.81. The van der Waals surface area contributed by atoms with Crippen molar-refractivity contribution in [2.24, 2.45) is 0 Å². The van der Waals surface area contributed by atoms with Crippen molar-refractivity contribution in [2.45, 2.75) is 6.54 Å². The fourth-order valence-electron chi connectivity index (χ4n) is 3.16. The maximum absolute atomic E-state index is 12.6. The van der Waals surface area contributed by atoms with Gasteiger partial charge in [0.1, 0.15) is 5.15 Å². The second kappa shape index (κ2) is 9.12. The van der Waals surface area contributed by atoms with Crippen LogP contribution >= 0.6 is 23.2 Å². The third kappa shape index (κ3) is 4.70. The van der Waals surface area contributed by atoms with E-state index in [-0.39, 0.29) is 5.91 Å². The molecule has 1 amide bonds. The lowest BCUT2D eigenvalue weighted by Gasteiger charge is -2.10. The molecule has 0 bridgehead atoms. The molecule has 0 radical (unpaired) electrons. The first kappa shape index (κ1) is 20.1. The molecule has 4 aromatic rings. The van der Waals surface area contributed by atoms with Gasteiger partial charge in [0.05, 0.1) is 0 Å². The van der Waals surface area contributed by atoms with E-state index in [0.717, 1.165) is 27.8 Å². The van der Waals surface area contributed by atoms with E-state index in [4.69, 9.17) is 23.2 Å². The highest BCUT2D eigenvalue weighted by Gasteiger charge is 2.11. The highest BCUT2D eigenvalue weighted by molar-refractivity contribution is 6.33. The molecule has 3 nitrogen and oxygen atoms in total. The number of hydrogen-bond donors (Lipinski definition) is 1. The van der Waals surface area contributed by atoms with Crippen molar-refractivity contribution in [3.63, 3.8) is 0 Å². The Hall–Kier alpha value is -3.14. The zero-order valence-electron chi connectivity index (χ0n) is 16.0. The van der Waals surface area contributed by atoms with Crippen molar-refractivity contribution in [3.8, 4) is 22.3 Å². The molecule has 1 heterocycles. The monoisotopic (exact) mass is 432 g/mol. The summed E-state index contributed by atoms with van der Waals surface area (Å²) in [6.07, 6.45) is 1.64. The molecule has 0 atom stereocenters. The number of carbonyl (C=O) groups is 1. The summed E-state index contributed by atoms with van der Waals surface area (Å²) in [5.41, 5.74) is 5.47. The first-order valence-electron chi connectivity index (χ1n) is 9.44. The minimum Gasteiger partial charge on any atom is -0.348 e. The smallest absolute Gasteiger partial charge is 0.251 e. The number of nitrogens with zero attached hydrogens (tertiary/aromatic N) is 1. The minimum atomic E-state index is -0.177. The van der Waals surface area contributed by atoms with Crippen LogP contribution in [0.2, 0.25) is 10.2 Å². The maximum atomic E-state index is 12.6. The summed E-state index contributed by atoms with van der Waals surface area (Å²) in [5.74, 6) is -0.177. The number of hydrogen-bond acceptors (Lipinski definition) is 2. The Bertz CT molecular complexity index is 1160. The molecule has 0 spiro atoms. The Balaban J connectivity index is 1.52. The van der Waals surface area contributed by atoms with E-state index in [1.54, 1.807) is 24.4 Å². The Morgan fingerprint density at radius 3 is 2.20 bits per heavy atom. The van der Waals surface area contributed by atoms with Gasteiger partial charge in [0.2, 0.25) is 0 Å². The van der Waals surface area contributed by atoms with Gasteiger partial charge < -0.3 is 5.32 Å². The van der Waals surface area contributed by atoms with Crippen molar-refractivity contribution in [2.75, 3.05) is 0 Å². The highest BCUT2D eigenvalue weighted by atomic mass is 35.5. The molecule has 3 aromatic carbocycles. The van der Waals surface area contributed by atoms with E-state index >= 15 is 0 Å². The van der Waals surface area contributed by atoms with E-state index < -0.39 is 0 Å². The third-order valence-electron chi connectivity index (χ3n) is 4.77. The van der Waals surface area contributed by atoms with Gasteiger partial charge in [-0.15, -0.1) is 0 Å². The Morgan fingerprint density at radius 2 is 1.50 bits per heavy atom. The van der Waals surface area contributed by atoms with Crippen LogP contribution in [0.15, 0.2) is 91.1 Å². The van der Waals surface area contributed by atoms with Crippen molar-refractivity contribution >= 4 is 29.1 Å². The van der Waals surface area contributed by atoms with Gasteiger partial charge in [0.25, 0.3) is 5.91 Å². The van der Waals surface area contributed by atoms with Gasteiger partial charge in [-0.3, -0.25) is 4.79 Å². The van der Waals surface area contributed by atoms with Crippen LogP contribution in [0.5, 0.6) is 0 Å². The molecular weight excluding hydrogens is 415 g/mol. The predicted octanol–water partition coefficient (Wildman–Crippen LogP) is 6.65. The molecule has 1 aromatic heterocycles. The maximum Gasteiger partial charge on any atom is 0.251 e. The van der Waals surface area contributed by atoms with Gasteiger partial charge in [-0.05, 0) is 46.5 Å². The van der Waals surface area contributed by atoms with E-state index in [1.165, 1.54) is 0 Å². The quantitative estimate of drug-likeness (QED) is 0.358. The molecule has 0 aliphatic heterocycles. The molecule has 0 unspecified atom stereocenters. The lowest BCUT2D eigenvalue weighted by molar-refractivity contribution is 0.0951. The molecule has 30 heavy (non-hydrogen) atoms. The summed E-state index contributed by atoms with van der Waals surface area (Å²) < 4.78 is 0. The molecular formula is C25H18Cl2N2O. The van der Waals surface area contributed by atoms with Crippen LogP contribution in [0.1, 0.15) is 15.9 Å². The number of pyridine rings is 1. The predicted molar refractivity (Wildman–Crippen MR) is 123 cm³/mol. The van der Waals surface area contributed by atoms with Gasteiger partial charge in [0.15, 0.2) is 0 Å². The highest BCUT2D eigenvalue weighted by Crippen LogP contribution is 2.31. The van der Waals surface area contributed by atoms with Gasteiger partial charge in [0, 0.05) is 28.9 Å².